The Morgan fingerprint density at radius 3 is 2.88 bits per heavy atom. The number of nitrogens with zero attached hydrogens (tertiary/aromatic N) is 3. The van der Waals surface area contributed by atoms with Gasteiger partial charge in [0, 0.05) is 6.04 Å². The van der Waals surface area contributed by atoms with E-state index in [1.54, 1.807) is 6.92 Å². The normalized spacial score (nSPS) is 19.8. The number of aryl methyl sites for hydroxylation is 1. The predicted molar refractivity (Wildman–Crippen MR) is 87.2 cm³/mol. The van der Waals surface area contributed by atoms with Crippen LogP contribution in [0.2, 0.25) is 0 Å². The van der Waals surface area contributed by atoms with E-state index in [4.69, 9.17) is 0 Å². The van der Waals surface area contributed by atoms with Gasteiger partial charge in [-0.1, -0.05) is 0 Å². The van der Waals surface area contributed by atoms with Crippen LogP contribution in [-0.4, -0.2) is 47.3 Å². The number of nitrogens with one attached hydrogen (secondary N) is 2. The molecule has 0 bridgehead atoms. The number of aliphatic imine (C=N–C) groups is 1. The van der Waals surface area contributed by atoms with Crippen molar-refractivity contribution in [2.45, 2.75) is 19.4 Å². The van der Waals surface area contributed by atoms with E-state index < -0.39 is 9.84 Å². The third-order valence-electron chi connectivity index (χ3n) is 3.77. The van der Waals surface area contributed by atoms with Crippen molar-refractivity contribution >= 4 is 27.2 Å². The molecule has 1 aliphatic rings. The van der Waals surface area contributed by atoms with Crippen LogP contribution < -0.4 is 10.8 Å². The van der Waals surface area contributed by atoms with E-state index in [0.717, 1.165) is 0 Å². The van der Waals surface area contributed by atoms with Crippen LogP contribution in [-0.2, 0) is 9.84 Å². The molecule has 0 saturated carbocycles. The number of anilines is 1. The molecule has 1 atom stereocenters. The van der Waals surface area contributed by atoms with Crippen molar-refractivity contribution in [2.24, 2.45) is 4.99 Å². The van der Waals surface area contributed by atoms with Crippen molar-refractivity contribution in [3.63, 3.8) is 0 Å². The van der Waals surface area contributed by atoms with Crippen molar-refractivity contribution in [1.82, 2.24) is 15.8 Å². The first-order valence-electron chi connectivity index (χ1n) is 7.43. The molecule has 1 saturated heterocycles. The van der Waals surface area contributed by atoms with E-state index in [9.17, 15) is 18.0 Å². The monoisotopic (exact) mass is 369 g/mol. The Morgan fingerprint density at radius 1 is 1.44 bits per heavy atom. The highest BCUT2D eigenvalue weighted by molar-refractivity contribution is 7.91. The zero-order chi connectivity index (χ0) is 18.0. The third kappa shape index (κ3) is 3.94. The van der Waals surface area contributed by atoms with Gasteiger partial charge in [0.1, 0.15) is 5.82 Å². The van der Waals surface area contributed by atoms with E-state index in [0.29, 0.717) is 17.7 Å². The highest BCUT2D eigenvalue weighted by Gasteiger charge is 2.30. The number of halogens is 1. The Bertz CT molecular complexity index is 912. The maximum Gasteiger partial charge on any atom is 0.202 e. The van der Waals surface area contributed by atoms with Gasteiger partial charge in [0.25, 0.3) is 0 Å². The number of hydroxylamine groups is 1. The summed E-state index contributed by atoms with van der Waals surface area (Å²) in [4.78, 5) is 4.15. The van der Waals surface area contributed by atoms with Gasteiger partial charge in [-0.15, -0.1) is 0 Å². The molecule has 3 rings (SSSR count). The first-order chi connectivity index (χ1) is 11.9. The van der Waals surface area contributed by atoms with Crippen LogP contribution in [0.4, 0.5) is 15.9 Å². The van der Waals surface area contributed by atoms with Crippen molar-refractivity contribution in [3.05, 3.63) is 35.3 Å². The van der Waals surface area contributed by atoms with Crippen LogP contribution in [0.15, 0.2) is 27.8 Å². The van der Waals surface area contributed by atoms with Crippen LogP contribution in [0.1, 0.15) is 17.7 Å². The summed E-state index contributed by atoms with van der Waals surface area (Å²) >= 11 is 0. The standard InChI is InChI=1S/C14H16FN5O4S/c1-8-6-9(2-3-11(8)15)16-13(18-21)12-14(20-24-19-12)17-10-4-5-25(22,23)7-10/h2-3,6,10,21H,4-5,7H2,1H3,(H,16,18)(H,17,20)/t10-/m0/s1. The number of amidine groups is 1. The Kier molecular flexibility index (Phi) is 4.68. The Morgan fingerprint density at radius 2 is 2.24 bits per heavy atom. The molecule has 0 radical (unpaired) electrons. The van der Waals surface area contributed by atoms with Crippen molar-refractivity contribution < 1.29 is 22.6 Å². The molecule has 2 heterocycles. The maximum atomic E-state index is 13.3. The van der Waals surface area contributed by atoms with Crippen molar-refractivity contribution in [1.29, 1.82) is 0 Å². The van der Waals surface area contributed by atoms with E-state index in [1.807, 2.05) is 5.48 Å². The van der Waals surface area contributed by atoms with Gasteiger partial charge in [0.05, 0.1) is 17.2 Å². The lowest BCUT2D eigenvalue weighted by atomic mass is 10.2. The molecule has 11 heteroatoms. The predicted octanol–water partition coefficient (Wildman–Crippen LogP) is 1.17. The molecule has 25 heavy (non-hydrogen) atoms. The van der Waals surface area contributed by atoms with Crippen LogP contribution in [0.3, 0.4) is 0 Å². The zero-order valence-electron chi connectivity index (χ0n) is 13.2. The maximum absolute atomic E-state index is 13.3. The van der Waals surface area contributed by atoms with Gasteiger partial charge in [-0.2, -0.15) is 0 Å². The highest BCUT2D eigenvalue weighted by Crippen LogP contribution is 2.21. The SMILES string of the molecule is Cc1cc(N=C(NO)c2nonc2N[C@H]2CCS(=O)(=O)C2)ccc1F. The van der Waals surface area contributed by atoms with E-state index in [2.05, 4.69) is 25.3 Å². The van der Waals surface area contributed by atoms with Gasteiger partial charge in [-0.3, -0.25) is 10.7 Å². The number of hydrogen-bond donors (Lipinski definition) is 3. The van der Waals surface area contributed by atoms with Crippen LogP contribution >= 0.6 is 0 Å². The molecule has 1 aromatic carbocycles. The molecule has 1 aromatic heterocycles. The van der Waals surface area contributed by atoms with Crippen molar-refractivity contribution in [3.8, 4) is 0 Å². The first kappa shape index (κ1) is 17.3. The topological polar surface area (TPSA) is 130 Å². The minimum absolute atomic E-state index is 0.0184. The molecule has 3 N–H and O–H groups in total. The second-order valence-corrected chi connectivity index (χ2v) is 7.94. The second kappa shape index (κ2) is 6.76. The fourth-order valence-electron chi connectivity index (χ4n) is 2.50. The Balaban J connectivity index is 1.86. The first-order valence-corrected chi connectivity index (χ1v) is 9.25. The molecule has 0 unspecified atom stereocenters. The summed E-state index contributed by atoms with van der Waals surface area (Å²) in [6, 6.07) is 3.86. The second-order valence-electron chi connectivity index (χ2n) is 5.71. The molecule has 0 aliphatic carbocycles. The Labute approximate surface area is 142 Å². The molecular weight excluding hydrogens is 353 g/mol. The number of hydrogen-bond acceptors (Lipinski definition) is 8. The molecule has 1 fully saturated rings. The van der Waals surface area contributed by atoms with Gasteiger partial charge in [0.15, 0.2) is 21.4 Å². The van der Waals surface area contributed by atoms with Crippen LogP contribution in [0, 0.1) is 12.7 Å². The number of aromatic nitrogens is 2. The summed E-state index contributed by atoms with van der Waals surface area (Å²) in [7, 11) is -3.07. The van der Waals surface area contributed by atoms with Crippen LogP contribution in [0.5, 0.6) is 0 Å². The number of rotatable bonds is 4. The quantitative estimate of drug-likeness (QED) is 0.416. The summed E-state index contributed by atoms with van der Waals surface area (Å²) in [5.41, 5.74) is 2.76. The summed E-state index contributed by atoms with van der Waals surface area (Å²) in [5.74, 6) is -0.211. The van der Waals surface area contributed by atoms with Gasteiger partial charge in [-0.25, -0.2) is 22.4 Å². The van der Waals surface area contributed by atoms with Gasteiger partial charge in [-0.05, 0) is 47.4 Å². The smallest absolute Gasteiger partial charge is 0.202 e. The van der Waals surface area contributed by atoms with Gasteiger partial charge < -0.3 is 5.32 Å². The molecule has 134 valence electrons. The fraction of sp³-hybridized carbons (Fsp3) is 0.357. The lowest BCUT2D eigenvalue weighted by molar-refractivity contribution is 0.234. The molecule has 9 nitrogen and oxygen atoms in total. The average Bonchev–Trinajstić information content (AvgIpc) is 3.15. The fourth-order valence-corrected chi connectivity index (χ4v) is 4.17. The molecular formula is C14H16FN5O4S. The molecule has 2 aromatic rings. The van der Waals surface area contributed by atoms with E-state index in [-0.39, 0.29) is 40.7 Å². The average molecular weight is 369 g/mol. The Hall–Kier alpha value is -2.53. The minimum Gasteiger partial charge on any atom is -0.361 e. The van der Waals surface area contributed by atoms with E-state index >= 15 is 0 Å². The van der Waals surface area contributed by atoms with Gasteiger partial charge in [0.2, 0.25) is 5.82 Å². The minimum atomic E-state index is -3.07. The summed E-state index contributed by atoms with van der Waals surface area (Å²) in [6.07, 6.45) is 0.435. The number of benzene rings is 1. The molecule has 1 aliphatic heterocycles. The van der Waals surface area contributed by atoms with Crippen molar-refractivity contribution in [2.75, 3.05) is 16.8 Å². The van der Waals surface area contributed by atoms with Gasteiger partial charge >= 0.3 is 0 Å². The largest absolute Gasteiger partial charge is 0.361 e. The summed E-state index contributed by atoms with van der Waals surface area (Å²) < 4.78 is 41.1. The highest BCUT2D eigenvalue weighted by atomic mass is 32.2. The van der Waals surface area contributed by atoms with E-state index in [1.165, 1.54) is 18.2 Å². The summed E-state index contributed by atoms with van der Waals surface area (Å²) in [6.45, 7) is 1.59. The summed E-state index contributed by atoms with van der Waals surface area (Å²) in [5, 5.41) is 19.7. The zero-order valence-corrected chi connectivity index (χ0v) is 14.0. The third-order valence-corrected chi connectivity index (χ3v) is 5.54. The lowest BCUT2D eigenvalue weighted by Crippen LogP contribution is -2.25. The lowest BCUT2D eigenvalue weighted by Gasteiger charge is -2.10. The van der Waals surface area contributed by atoms with Crippen LogP contribution in [0.25, 0.3) is 0 Å². The molecule has 0 spiro atoms. The number of sulfone groups is 1. The molecule has 0 amide bonds.